The molecule has 178 valence electrons. The van der Waals surface area contributed by atoms with Crippen molar-refractivity contribution in [3.05, 3.63) is 34.7 Å². The van der Waals surface area contributed by atoms with Crippen molar-refractivity contribution in [3.63, 3.8) is 0 Å². The molecule has 12 heteroatoms. The van der Waals surface area contributed by atoms with Gasteiger partial charge in [-0.15, -0.1) is 11.3 Å². The highest BCUT2D eigenvalue weighted by Crippen LogP contribution is 2.42. The van der Waals surface area contributed by atoms with Gasteiger partial charge in [0.25, 0.3) is 0 Å². The first-order valence-corrected chi connectivity index (χ1v) is 11.6. The number of pyridine rings is 1. The number of methoxy groups -OCH3 is 1. The van der Waals surface area contributed by atoms with Crippen LogP contribution in [0, 0.1) is 6.92 Å². The largest absolute Gasteiger partial charge is 0.493 e. The van der Waals surface area contributed by atoms with Crippen molar-refractivity contribution in [3.8, 4) is 27.7 Å². The number of Topliss-reactive ketones (excluding diaryl/α,β-unsaturated/α-hetero) is 1. The topological polar surface area (TPSA) is 98.1 Å². The molecule has 0 aromatic carbocycles. The normalized spacial score (nSPS) is 15.4. The van der Waals surface area contributed by atoms with Crippen LogP contribution in [0.4, 0.5) is 13.2 Å². The number of carbonyl (C=O) groups is 1. The summed E-state index contributed by atoms with van der Waals surface area (Å²) in [7, 11) is 1.46. The third-order valence-corrected chi connectivity index (χ3v) is 7.38. The Balaban J connectivity index is 1.60. The number of aryl methyl sites for hydroxylation is 1. The highest BCUT2D eigenvalue weighted by molar-refractivity contribution is 7.15. The molecule has 5 rings (SSSR count). The molecule has 1 N–H and O–H groups in total. The van der Waals surface area contributed by atoms with Gasteiger partial charge in [0.05, 0.1) is 30.6 Å². The summed E-state index contributed by atoms with van der Waals surface area (Å²) in [5.41, 5.74) is 2.05. The molecule has 8 nitrogen and oxygen atoms in total. The molecule has 4 aromatic heterocycles. The summed E-state index contributed by atoms with van der Waals surface area (Å²) in [6.45, 7) is 1.86. The highest BCUT2D eigenvalue weighted by atomic mass is 32.1. The van der Waals surface area contributed by atoms with Crippen molar-refractivity contribution < 1.29 is 22.7 Å². The van der Waals surface area contributed by atoms with Crippen LogP contribution in [0.25, 0.3) is 27.6 Å². The van der Waals surface area contributed by atoms with Crippen LogP contribution in [0.1, 0.15) is 47.7 Å². The van der Waals surface area contributed by atoms with E-state index in [0.717, 1.165) is 23.4 Å². The Labute approximate surface area is 196 Å². The summed E-state index contributed by atoms with van der Waals surface area (Å²) in [5, 5.41) is 11.6. The monoisotopic (exact) mass is 490 g/mol. The third-order valence-electron chi connectivity index (χ3n) is 6.04. The number of alkyl halides is 3. The van der Waals surface area contributed by atoms with Gasteiger partial charge in [-0.05, 0) is 31.7 Å². The Hall–Kier alpha value is -3.28. The summed E-state index contributed by atoms with van der Waals surface area (Å²) < 4.78 is 47.7. The van der Waals surface area contributed by atoms with Gasteiger partial charge in [-0.25, -0.2) is 14.5 Å². The lowest BCUT2D eigenvalue weighted by molar-refractivity contribution is -0.127. The standard InChI is InChI=1S/C22H21F3N6O2S/c1-11-19(12-3-5-14(32)6-4-12)34-21(28-11)18-15(8-22(23,24)25)17(29-30-18)13-7-16(33-2)20-26-10-27-31(20)9-13/h7,9-10,12H,3-6,8H2,1-2H3,(H,29,30). The number of halogens is 3. The van der Waals surface area contributed by atoms with E-state index in [1.165, 1.54) is 29.3 Å². The summed E-state index contributed by atoms with van der Waals surface area (Å²) in [4.78, 5) is 21.3. The van der Waals surface area contributed by atoms with Crippen molar-refractivity contribution in [2.75, 3.05) is 7.11 Å². The lowest BCUT2D eigenvalue weighted by atomic mass is 9.87. The Morgan fingerprint density at radius 2 is 2.06 bits per heavy atom. The van der Waals surface area contributed by atoms with E-state index in [4.69, 9.17) is 4.74 Å². The molecule has 4 heterocycles. The summed E-state index contributed by atoms with van der Waals surface area (Å²) in [6.07, 6.45) is -0.180. The predicted octanol–water partition coefficient (Wildman–Crippen LogP) is 4.89. The van der Waals surface area contributed by atoms with Crippen LogP contribution in [0.5, 0.6) is 5.75 Å². The highest BCUT2D eigenvalue weighted by Gasteiger charge is 2.34. The number of ketones is 1. The quantitative estimate of drug-likeness (QED) is 0.428. The van der Waals surface area contributed by atoms with Crippen LogP contribution >= 0.6 is 11.3 Å². The van der Waals surface area contributed by atoms with Gasteiger partial charge in [0.1, 0.15) is 17.1 Å². The number of H-pyrrole nitrogens is 1. The number of aromatic nitrogens is 6. The second kappa shape index (κ2) is 8.49. The van der Waals surface area contributed by atoms with Gasteiger partial charge < -0.3 is 4.74 Å². The second-order valence-electron chi connectivity index (χ2n) is 8.32. The van der Waals surface area contributed by atoms with Crippen LogP contribution < -0.4 is 4.74 Å². The van der Waals surface area contributed by atoms with Gasteiger partial charge in [0.2, 0.25) is 0 Å². The van der Waals surface area contributed by atoms with E-state index in [-0.39, 0.29) is 28.7 Å². The maximum Gasteiger partial charge on any atom is 0.393 e. The van der Waals surface area contributed by atoms with Gasteiger partial charge in [-0.1, -0.05) is 0 Å². The maximum absolute atomic E-state index is 13.6. The number of hydrogen-bond donors (Lipinski definition) is 1. The first kappa shape index (κ1) is 22.5. The Morgan fingerprint density at radius 1 is 1.29 bits per heavy atom. The smallest absolute Gasteiger partial charge is 0.393 e. The summed E-state index contributed by atoms with van der Waals surface area (Å²) in [5.74, 6) is 0.817. The van der Waals surface area contributed by atoms with Crippen LogP contribution in [-0.4, -0.2) is 48.8 Å². The van der Waals surface area contributed by atoms with Crippen LogP contribution in [0.3, 0.4) is 0 Å². The van der Waals surface area contributed by atoms with E-state index < -0.39 is 12.6 Å². The minimum atomic E-state index is -4.45. The Kier molecular flexibility index (Phi) is 5.62. The number of rotatable bonds is 5. The number of ether oxygens (including phenoxy) is 1. The fourth-order valence-electron chi connectivity index (χ4n) is 4.42. The van der Waals surface area contributed by atoms with Crippen molar-refractivity contribution in [1.29, 1.82) is 0 Å². The van der Waals surface area contributed by atoms with E-state index in [9.17, 15) is 18.0 Å². The van der Waals surface area contributed by atoms with Crippen LogP contribution in [-0.2, 0) is 11.2 Å². The molecule has 1 aliphatic carbocycles. The molecule has 1 fully saturated rings. The molecule has 1 saturated carbocycles. The number of hydrogen-bond acceptors (Lipinski definition) is 7. The Bertz CT molecular complexity index is 1360. The van der Waals surface area contributed by atoms with Gasteiger partial charge in [0.15, 0.2) is 11.4 Å². The van der Waals surface area contributed by atoms with Crippen molar-refractivity contribution in [1.82, 2.24) is 29.8 Å². The molecule has 0 spiro atoms. The molecular weight excluding hydrogens is 469 g/mol. The fourth-order valence-corrected chi connectivity index (χ4v) is 5.68. The van der Waals surface area contributed by atoms with E-state index in [1.807, 2.05) is 6.92 Å². The second-order valence-corrected chi connectivity index (χ2v) is 9.36. The Morgan fingerprint density at radius 3 is 2.76 bits per heavy atom. The minimum absolute atomic E-state index is 0.00754. The maximum atomic E-state index is 13.6. The molecule has 34 heavy (non-hydrogen) atoms. The average Bonchev–Trinajstić information content (AvgIpc) is 3.51. The van der Waals surface area contributed by atoms with Crippen LogP contribution in [0.15, 0.2) is 18.6 Å². The molecule has 0 radical (unpaired) electrons. The summed E-state index contributed by atoms with van der Waals surface area (Å²) >= 11 is 1.37. The average molecular weight is 491 g/mol. The molecule has 0 bridgehead atoms. The van der Waals surface area contributed by atoms with Gasteiger partial charge in [0, 0.05) is 35.0 Å². The molecule has 0 saturated heterocycles. The molecule has 4 aromatic rings. The van der Waals surface area contributed by atoms with Crippen molar-refractivity contribution in [2.24, 2.45) is 0 Å². The first-order valence-electron chi connectivity index (χ1n) is 10.7. The molecule has 0 aliphatic heterocycles. The minimum Gasteiger partial charge on any atom is -0.493 e. The van der Waals surface area contributed by atoms with Gasteiger partial charge >= 0.3 is 6.18 Å². The molecule has 0 atom stereocenters. The number of aromatic amines is 1. The zero-order valence-corrected chi connectivity index (χ0v) is 19.3. The van der Waals surface area contributed by atoms with Crippen LogP contribution in [0.2, 0.25) is 0 Å². The first-order chi connectivity index (χ1) is 16.2. The van der Waals surface area contributed by atoms with Crippen molar-refractivity contribution >= 4 is 22.8 Å². The van der Waals surface area contributed by atoms with E-state index in [2.05, 4.69) is 25.3 Å². The predicted molar refractivity (Wildman–Crippen MR) is 119 cm³/mol. The van der Waals surface area contributed by atoms with E-state index in [1.54, 1.807) is 12.3 Å². The van der Waals surface area contributed by atoms with Crippen molar-refractivity contribution in [2.45, 2.75) is 51.1 Å². The lowest BCUT2D eigenvalue weighted by Gasteiger charge is -2.19. The summed E-state index contributed by atoms with van der Waals surface area (Å²) in [6, 6.07) is 1.60. The SMILES string of the molecule is COc1cc(-c2n[nH]c(-c3nc(C)c(C4CCC(=O)CC4)s3)c2CC(F)(F)F)cn2ncnc12. The zero-order valence-electron chi connectivity index (χ0n) is 18.4. The van der Waals surface area contributed by atoms with Gasteiger partial charge in [-0.2, -0.15) is 23.4 Å². The van der Waals surface area contributed by atoms with E-state index in [0.29, 0.717) is 34.8 Å². The molecular formula is C22H21F3N6O2S. The fraction of sp³-hybridized carbons (Fsp3) is 0.409. The molecule has 0 unspecified atom stereocenters. The zero-order chi connectivity index (χ0) is 24.0. The van der Waals surface area contributed by atoms with Gasteiger partial charge in [-0.3, -0.25) is 9.89 Å². The molecule has 0 amide bonds. The molecule has 1 aliphatic rings. The number of thiazole rings is 1. The number of nitrogens with zero attached hydrogens (tertiary/aromatic N) is 5. The van der Waals surface area contributed by atoms with E-state index >= 15 is 0 Å². The number of fused-ring (bicyclic) bond motifs is 1. The number of carbonyl (C=O) groups excluding carboxylic acids is 1. The third kappa shape index (κ3) is 4.17. The number of nitrogens with one attached hydrogen (secondary N) is 1. The lowest BCUT2D eigenvalue weighted by Crippen LogP contribution is -2.12.